The molecule has 1 unspecified atom stereocenters. The zero-order valence-electron chi connectivity index (χ0n) is 17.1. The van der Waals surface area contributed by atoms with Crippen LogP contribution in [0.3, 0.4) is 0 Å². The summed E-state index contributed by atoms with van der Waals surface area (Å²) in [6, 6.07) is 3.70. The summed E-state index contributed by atoms with van der Waals surface area (Å²) < 4.78 is 25.2. The third-order valence-electron chi connectivity index (χ3n) is 4.03. The topological polar surface area (TPSA) is 67.9 Å². The van der Waals surface area contributed by atoms with Gasteiger partial charge in [0.2, 0.25) is 0 Å². The van der Waals surface area contributed by atoms with Crippen molar-refractivity contribution in [3.8, 4) is 0 Å². The lowest BCUT2D eigenvalue weighted by molar-refractivity contribution is 0.0281. The highest BCUT2D eigenvalue weighted by Crippen LogP contribution is 2.32. The van der Waals surface area contributed by atoms with E-state index in [9.17, 15) is 14.0 Å². The Morgan fingerprint density at radius 2 is 1.71 bits per heavy atom. The minimum atomic E-state index is -0.676. The summed E-state index contributed by atoms with van der Waals surface area (Å²) >= 11 is 6.04. The Balaban J connectivity index is 2.26. The number of amides is 2. The fourth-order valence-corrected chi connectivity index (χ4v) is 3.18. The van der Waals surface area contributed by atoms with Gasteiger partial charge < -0.3 is 19.7 Å². The van der Waals surface area contributed by atoms with Crippen LogP contribution in [0.2, 0.25) is 5.02 Å². The van der Waals surface area contributed by atoms with Crippen molar-refractivity contribution in [3.63, 3.8) is 0 Å². The highest BCUT2D eigenvalue weighted by Gasteiger charge is 2.40. The molecule has 8 heteroatoms. The van der Waals surface area contributed by atoms with Crippen LogP contribution < -0.4 is 5.32 Å². The summed E-state index contributed by atoms with van der Waals surface area (Å²) in [7, 11) is 0. The molecule has 28 heavy (non-hydrogen) atoms. The first-order chi connectivity index (χ1) is 12.7. The van der Waals surface area contributed by atoms with Gasteiger partial charge in [-0.2, -0.15) is 0 Å². The number of benzene rings is 1. The molecule has 2 amide bonds. The van der Waals surface area contributed by atoms with E-state index in [1.54, 1.807) is 41.5 Å². The average molecular weight is 415 g/mol. The van der Waals surface area contributed by atoms with E-state index in [2.05, 4.69) is 5.32 Å². The third kappa shape index (κ3) is 6.26. The first-order valence-corrected chi connectivity index (χ1v) is 9.55. The van der Waals surface area contributed by atoms with Crippen molar-refractivity contribution in [2.24, 2.45) is 0 Å². The van der Waals surface area contributed by atoms with Gasteiger partial charge in [-0.3, -0.25) is 0 Å². The van der Waals surface area contributed by atoms with Gasteiger partial charge in [-0.25, -0.2) is 14.0 Å². The van der Waals surface area contributed by atoms with Crippen LogP contribution in [0.4, 0.5) is 14.0 Å². The predicted octanol–water partition coefficient (Wildman–Crippen LogP) is 4.71. The lowest BCUT2D eigenvalue weighted by Crippen LogP contribution is -2.43. The molecule has 2 rings (SSSR count). The number of likely N-dealkylation sites (tertiary alicyclic amines) is 1. The molecule has 1 N–H and O–H groups in total. The number of alkyl carbamates (subject to hydrolysis) is 1. The molecule has 0 bridgehead atoms. The van der Waals surface area contributed by atoms with Crippen molar-refractivity contribution in [2.75, 3.05) is 13.1 Å². The average Bonchev–Trinajstić information content (AvgIpc) is 2.89. The molecule has 6 nitrogen and oxygen atoms in total. The number of nitrogens with one attached hydrogen (secondary N) is 1. The van der Waals surface area contributed by atoms with Gasteiger partial charge in [-0.05, 0) is 65.3 Å². The van der Waals surface area contributed by atoms with Crippen molar-refractivity contribution in [3.05, 3.63) is 34.6 Å². The van der Waals surface area contributed by atoms with Gasteiger partial charge in [0, 0.05) is 24.0 Å². The minimum Gasteiger partial charge on any atom is -0.444 e. The van der Waals surface area contributed by atoms with Crippen LogP contribution in [-0.2, 0) is 9.47 Å². The number of halogens is 2. The van der Waals surface area contributed by atoms with Crippen LogP contribution in [0.5, 0.6) is 0 Å². The molecule has 1 aromatic rings. The Bertz CT molecular complexity index is 743. The second kappa shape index (κ2) is 8.15. The van der Waals surface area contributed by atoms with Gasteiger partial charge in [0.1, 0.15) is 17.0 Å². The molecule has 0 spiro atoms. The van der Waals surface area contributed by atoms with E-state index >= 15 is 0 Å². The standard InChI is InChI=1S/C20H28ClFN2O4/c1-19(2,3)27-17(25)23-16-11-24(18(26)28-20(4,5)6)10-14(16)13-9-12(21)7-8-15(13)22/h7-9,14,16H,10-11H2,1-6H3,(H,23,25)/t14-,16?/m1/s1. The van der Waals surface area contributed by atoms with Gasteiger partial charge in [0.05, 0.1) is 6.04 Å². The van der Waals surface area contributed by atoms with Crippen molar-refractivity contribution in [1.82, 2.24) is 10.2 Å². The van der Waals surface area contributed by atoms with Crippen LogP contribution in [0.1, 0.15) is 53.0 Å². The van der Waals surface area contributed by atoms with E-state index in [-0.39, 0.29) is 13.1 Å². The lowest BCUT2D eigenvalue weighted by Gasteiger charge is -2.25. The molecule has 0 aromatic heterocycles. The maximum atomic E-state index is 14.5. The van der Waals surface area contributed by atoms with Crippen molar-refractivity contribution in [2.45, 2.75) is 64.7 Å². The summed E-state index contributed by atoms with van der Waals surface area (Å²) in [5.41, 5.74) is -1.01. The molecule has 0 saturated carbocycles. The van der Waals surface area contributed by atoms with Gasteiger partial charge in [-0.15, -0.1) is 0 Å². The number of hydrogen-bond acceptors (Lipinski definition) is 4. The Morgan fingerprint density at radius 1 is 1.11 bits per heavy atom. The van der Waals surface area contributed by atoms with Gasteiger partial charge in [0.25, 0.3) is 0 Å². The molecule has 1 heterocycles. The summed E-state index contributed by atoms with van der Waals surface area (Å²) in [6.45, 7) is 10.9. The van der Waals surface area contributed by atoms with Crippen LogP contribution in [0.25, 0.3) is 0 Å². The number of nitrogens with zero attached hydrogens (tertiary/aromatic N) is 1. The fraction of sp³-hybridized carbons (Fsp3) is 0.600. The molecule has 1 aliphatic rings. The van der Waals surface area contributed by atoms with Gasteiger partial charge in [-0.1, -0.05) is 11.6 Å². The molecular weight excluding hydrogens is 387 g/mol. The smallest absolute Gasteiger partial charge is 0.410 e. The molecular formula is C20H28ClFN2O4. The first-order valence-electron chi connectivity index (χ1n) is 9.17. The maximum Gasteiger partial charge on any atom is 0.410 e. The third-order valence-corrected chi connectivity index (χ3v) is 4.27. The molecule has 2 atom stereocenters. The van der Waals surface area contributed by atoms with E-state index in [0.717, 1.165) is 0 Å². The van der Waals surface area contributed by atoms with Crippen molar-refractivity contribution in [1.29, 1.82) is 0 Å². The van der Waals surface area contributed by atoms with E-state index in [4.69, 9.17) is 21.1 Å². The van der Waals surface area contributed by atoms with Crippen LogP contribution in [-0.4, -0.2) is 47.4 Å². The molecule has 1 aromatic carbocycles. The Hall–Kier alpha value is -2.02. The Morgan fingerprint density at radius 3 is 2.29 bits per heavy atom. The summed E-state index contributed by atoms with van der Waals surface area (Å²) in [5, 5.41) is 3.14. The number of ether oxygens (including phenoxy) is 2. The molecule has 1 saturated heterocycles. The molecule has 156 valence electrons. The Labute approximate surface area is 170 Å². The molecule has 1 aliphatic heterocycles. The fourth-order valence-electron chi connectivity index (χ4n) is 3.00. The van der Waals surface area contributed by atoms with Crippen LogP contribution in [0.15, 0.2) is 18.2 Å². The summed E-state index contributed by atoms with van der Waals surface area (Å²) in [4.78, 5) is 26.2. The predicted molar refractivity (Wildman–Crippen MR) is 105 cm³/mol. The molecule has 0 aliphatic carbocycles. The van der Waals surface area contributed by atoms with E-state index in [0.29, 0.717) is 10.6 Å². The van der Waals surface area contributed by atoms with Gasteiger partial charge >= 0.3 is 12.2 Å². The number of carbonyl (C=O) groups excluding carboxylic acids is 2. The number of carbonyl (C=O) groups is 2. The van der Waals surface area contributed by atoms with Crippen LogP contribution in [0, 0.1) is 5.82 Å². The minimum absolute atomic E-state index is 0.171. The second-order valence-electron chi connectivity index (χ2n) is 8.91. The number of rotatable bonds is 2. The van der Waals surface area contributed by atoms with E-state index in [1.807, 2.05) is 0 Å². The maximum absolute atomic E-state index is 14.5. The van der Waals surface area contributed by atoms with E-state index < -0.39 is 41.2 Å². The highest BCUT2D eigenvalue weighted by molar-refractivity contribution is 6.30. The molecule has 1 fully saturated rings. The molecule has 0 radical (unpaired) electrons. The zero-order chi connectivity index (χ0) is 21.3. The van der Waals surface area contributed by atoms with E-state index in [1.165, 1.54) is 23.1 Å². The summed E-state index contributed by atoms with van der Waals surface area (Å²) in [6.07, 6.45) is -1.15. The van der Waals surface area contributed by atoms with Crippen molar-refractivity contribution < 1.29 is 23.5 Å². The second-order valence-corrected chi connectivity index (χ2v) is 9.35. The first kappa shape index (κ1) is 22.3. The zero-order valence-corrected chi connectivity index (χ0v) is 17.9. The Kier molecular flexibility index (Phi) is 6.48. The number of hydrogen-bond donors (Lipinski definition) is 1. The normalized spacial score (nSPS) is 20.1. The van der Waals surface area contributed by atoms with Crippen molar-refractivity contribution >= 4 is 23.8 Å². The highest BCUT2D eigenvalue weighted by atomic mass is 35.5. The SMILES string of the molecule is CC(C)(C)OC(=O)NC1CN(C(=O)OC(C)(C)C)C[C@@H]1c1cc(Cl)ccc1F. The quantitative estimate of drug-likeness (QED) is 0.761. The largest absolute Gasteiger partial charge is 0.444 e. The van der Waals surface area contributed by atoms with Crippen LogP contribution >= 0.6 is 11.6 Å². The van der Waals surface area contributed by atoms with Gasteiger partial charge in [0.15, 0.2) is 0 Å². The monoisotopic (exact) mass is 414 g/mol. The summed E-state index contributed by atoms with van der Waals surface area (Å²) in [5.74, 6) is -0.935. The lowest BCUT2D eigenvalue weighted by atomic mass is 9.94.